The molecule has 4 nitrogen and oxygen atoms in total. The van der Waals surface area contributed by atoms with Gasteiger partial charge in [-0.3, -0.25) is 0 Å². The highest BCUT2D eigenvalue weighted by atomic mass is 35.5. The Morgan fingerprint density at radius 3 is 2.52 bits per heavy atom. The number of imidazole rings is 1. The maximum atomic E-state index is 6.59. The summed E-state index contributed by atoms with van der Waals surface area (Å²) in [5.41, 5.74) is 5.47. The molecule has 1 aromatic heterocycles. The fourth-order valence-electron chi connectivity index (χ4n) is 5.19. The molecule has 256 valence electrons. The summed E-state index contributed by atoms with van der Waals surface area (Å²) < 4.78 is 13.3. The van der Waals surface area contributed by atoms with Crippen LogP contribution >= 0.6 is 23.2 Å². The first-order valence-corrected chi connectivity index (χ1v) is 17.8. The first-order chi connectivity index (χ1) is 23.4. The number of halogens is 2. The first kappa shape index (κ1) is 38.9. The lowest BCUT2D eigenvalue weighted by Crippen LogP contribution is -2.05. The van der Waals surface area contributed by atoms with Crippen molar-refractivity contribution in [3.05, 3.63) is 142 Å². The molecule has 0 spiro atoms. The van der Waals surface area contributed by atoms with Gasteiger partial charge in [0.05, 0.1) is 17.3 Å². The van der Waals surface area contributed by atoms with E-state index in [9.17, 15) is 0 Å². The van der Waals surface area contributed by atoms with Crippen molar-refractivity contribution in [3.63, 3.8) is 0 Å². The lowest BCUT2D eigenvalue weighted by atomic mass is 9.97. The highest BCUT2D eigenvalue weighted by Crippen LogP contribution is 2.30. The van der Waals surface area contributed by atoms with E-state index in [1.54, 1.807) is 13.2 Å². The van der Waals surface area contributed by atoms with E-state index in [1.807, 2.05) is 12.1 Å². The smallest absolute Gasteiger partial charge is 0.119 e. The lowest BCUT2D eigenvalue weighted by Gasteiger charge is -2.10. The molecule has 2 aromatic carbocycles. The molecule has 0 aliphatic heterocycles. The van der Waals surface area contributed by atoms with E-state index in [-0.39, 0.29) is 5.92 Å². The van der Waals surface area contributed by atoms with Crippen molar-refractivity contribution in [2.45, 2.75) is 78.7 Å². The van der Waals surface area contributed by atoms with Crippen LogP contribution in [-0.4, -0.2) is 29.9 Å². The molecule has 0 saturated heterocycles. The Hall–Kier alpha value is -3.57. The summed E-state index contributed by atoms with van der Waals surface area (Å²) in [6.07, 6.45) is 29.7. The van der Waals surface area contributed by atoms with Crippen molar-refractivity contribution in [2.24, 2.45) is 0 Å². The molecule has 0 bridgehead atoms. The van der Waals surface area contributed by atoms with Gasteiger partial charge in [-0.05, 0) is 75.4 Å². The maximum Gasteiger partial charge on any atom is 0.119 e. The van der Waals surface area contributed by atoms with Gasteiger partial charge in [0.1, 0.15) is 11.6 Å². The number of nitrogens with zero attached hydrogens (tertiary/aromatic N) is 2. The van der Waals surface area contributed by atoms with Crippen molar-refractivity contribution < 1.29 is 9.47 Å². The Morgan fingerprint density at radius 1 is 1.00 bits per heavy atom. The predicted molar refractivity (Wildman–Crippen MR) is 206 cm³/mol. The summed E-state index contributed by atoms with van der Waals surface area (Å²) in [4.78, 5) is 5.04. The largest absolute Gasteiger partial charge is 0.494 e. The van der Waals surface area contributed by atoms with Crippen LogP contribution in [0, 0.1) is 0 Å². The summed E-state index contributed by atoms with van der Waals surface area (Å²) in [7, 11) is 1.73. The maximum absolute atomic E-state index is 6.59. The lowest BCUT2D eigenvalue weighted by molar-refractivity contribution is 0.204. The second-order valence-electron chi connectivity index (χ2n) is 11.7. The molecule has 0 saturated carbocycles. The zero-order valence-electron chi connectivity index (χ0n) is 29.3. The molecule has 0 aliphatic rings. The standard InChI is InChI=1S/C42H52Cl2N2O2/c1-6-9-29-48-38-25-22-36(23-26-38)35(16-8-3)20-13-17-33(4)18-14-21-42-45-41(39-27-24-37(43)30-40(39)44)32-46(42)31-34(15-7-2)19-11-10-12-28-47-5/h8,10-11,13-18,20,22-27,30,32,35H,6-7,9,12,19,21,28-29,31H2,1-5H3/b11-10-,16-8-,18-14?,20-13?,33-17+,34-15+. The van der Waals surface area contributed by atoms with Gasteiger partial charge < -0.3 is 14.0 Å². The number of ether oxygens (including phenoxy) is 2. The van der Waals surface area contributed by atoms with Gasteiger partial charge in [-0.1, -0.05) is 128 Å². The van der Waals surface area contributed by atoms with E-state index in [1.165, 1.54) is 11.1 Å². The van der Waals surface area contributed by atoms with Crippen molar-refractivity contribution in [1.82, 2.24) is 9.55 Å². The molecule has 1 heterocycles. The number of aromatic nitrogens is 2. The Labute approximate surface area is 299 Å². The molecule has 0 radical (unpaired) electrons. The van der Waals surface area contributed by atoms with E-state index in [2.05, 4.69) is 123 Å². The second kappa shape index (κ2) is 22.1. The van der Waals surface area contributed by atoms with Crippen LogP contribution in [0.2, 0.25) is 10.0 Å². The number of benzene rings is 2. The van der Waals surface area contributed by atoms with Gasteiger partial charge in [-0.25, -0.2) is 4.98 Å². The topological polar surface area (TPSA) is 36.3 Å². The molecule has 1 unspecified atom stereocenters. The fourth-order valence-corrected chi connectivity index (χ4v) is 5.69. The molecule has 1 atom stereocenters. The van der Waals surface area contributed by atoms with E-state index in [0.717, 1.165) is 80.3 Å². The highest BCUT2D eigenvalue weighted by molar-refractivity contribution is 6.36. The third kappa shape index (κ3) is 13.5. The Balaban J connectivity index is 1.76. The molecular formula is C42H52Cl2N2O2. The number of hydrogen-bond acceptors (Lipinski definition) is 3. The summed E-state index contributed by atoms with van der Waals surface area (Å²) in [6.45, 7) is 10.8. The van der Waals surface area contributed by atoms with Crippen molar-refractivity contribution >= 4 is 23.2 Å². The molecule has 3 rings (SSSR count). The zero-order chi connectivity index (χ0) is 34.6. The minimum absolute atomic E-state index is 0.193. The minimum atomic E-state index is 0.193. The van der Waals surface area contributed by atoms with Gasteiger partial charge in [-0.15, -0.1) is 0 Å². The number of unbranched alkanes of at least 4 members (excludes halogenated alkanes) is 1. The summed E-state index contributed by atoms with van der Waals surface area (Å²) in [5.74, 6) is 2.10. The van der Waals surface area contributed by atoms with Crippen LogP contribution < -0.4 is 4.74 Å². The summed E-state index contributed by atoms with van der Waals surface area (Å²) in [6, 6.07) is 14.0. The molecule has 0 fully saturated rings. The van der Waals surface area contributed by atoms with Crippen LogP contribution in [0.15, 0.2) is 121 Å². The van der Waals surface area contributed by atoms with E-state index in [4.69, 9.17) is 37.7 Å². The quantitative estimate of drug-likeness (QED) is 0.0674. The van der Waals surface area contributed by atoms with Crippen LogP contribution in [0.5, 0.6) is 5.75 Å². The van der Waals surface area contributed by atoms with Crippen LogP contribution in [-0.2, 0) is 17.7 Å². The van der Waals surface area contributed by atoms with Gasteiger partial charge >= 0.3 is 0 Å². The zero-order valence-corrected chi connectivity index (χ0v) is 30.8. The molecule has 6 heteroatoms. The number of hydrogen-bond donors (Lipinski definition) is 0. The van der Waals surface area contributed by atoms with Crippen molar-refractivity contribution in [2.75, 3.05) is 20.3 Å². The van der Waals surface area contributed by atoms with Gasteiger partial charge in [0.2, 0.25) is 0 Å². The average Bonchev–Trinajstić information content (AvgIpc) is 3.46. The van der Waals surface area contributed by atoms with E-state index in [0.29, 0.717) is 16.5 Å². The van der Waals surface area contributed by atoms with Crippen LogP contribution in [0.25, 0.3) is 11.3 Å². The third-order valence-electron chi connectivity index (χ3n) is 7.76. The number of rotatable bonds is 20. The molecule has 0 aliphatic carbocycles. The monoisotopic (exact) mass is 686 g/mol. The van der Waals surface area contributed by atoms with Gasteiger partial charge in [0, 0.05) is 49.4 Å². The minimum Gasteiger partial charge on any atom is -0.494 e. The summed E-state index contributed by atoms with van der Waals surface area (Å²) in [5, 5.41) is 1.20. The summed E-state index contributed by atoms with van der Waals surface area (Å²) >= 11 is 12.8. The number of methoxy groups -OCH3 is 1. The molecule has 0 N–H and O–H groups in total. The fraction of sp³-hybridized carbons (Fsp3) is 0.357. The molecule has 3 aromatic rings. The van der Waals surface area contributed by atoms with Gasteiger partial charge in [0.15, 0.2) is 0 Å². The second-order valence-corrected chi connectivity index (χ2v) is 12.6. The third-order valence-corrected chi connectivity index (χ3v) is 8.31. The predicted octanol–water partition coefficient (Wildman–Crippen LogP) is 12.3. The van der Waals surface area contributed by atoms with Crippen LogP contribution in [0.1, 0.15) is 77.1 Å². The Bertz CT molecular complexity index is 1580. The molecular weight excluding hydrogens is 635 g/mol. The normalized spacial score (nSPS) is 13.6. The average molecular weight is 688 g/mol. The van der Waals surface area contributed by atoms with E-state index >= 15 is 0 Å². The van der Waals surface area contributed by atoms with Crippen molar-refractivity contribution in [3.8, 4) is 17.0 Å². The molecule has 0 amide bonds. The van der Waals surface area contributed by atoms with E-state index < -0.39 is 0 Å². The SMILES string of the molecule is C/C=C\C(C=C/C=C(\C)C=CCc1nc(-c2ccc(Cl)cc2Cl)cn1C/C(=C/CC)C/C=C\CCOC)c1ccc(OCCCC)cc1. The van der Waals surface area contributed by atoms with Crippen LogP contribution in [0.4, 0.5) is 0 Å². The van der Waals surface area contributed by atoms with Gasteiger partial charge in [-0.2, -0.15) is 0 Å². The number of allylic oxidation sites excluding steroid dienone is 11. The van der Waals surface area contributed by atoms with Gasteiger partial charge in [0.25, 0.3) is 0 Å². The van der Waals surface area contributed by atoms with Crippen molar-refractivity contribution in [1.29, 1.82) is 0 Å². The first-order valence-electron chi connectivity index (χ1n) is 17.1. The Kier molecular flexibility index (Phi) is 17.9. The van der Waals surface area contributed by atoms with Crippen LogP contribution in [0.3, 0.4) is 0 Å². The highest BCUT2D eigenvalue weighted by Gasteiger charge is 2.13. The molecule has 48 heavy (non-hydrogen) atoms. The Morgan fingerprint density at radius 2 is 1.81 bits per heavy atom.